The highest BCUT2D eigenvalue weighted by molar-refractivity contribution is 5.82. The molecule has 6 heteroatoms. The lowest BCUT2D eigenvalue weighted by Crippen LogP contribution is -2.52. The molecular formula is C13H24N4O2. The maximum absolute atomic E-state index is 12.0. The second-order valence-electron chi connectivity index (χ2n) is 5.34. The number of amides is 2. The summed E-state index contributed by atoms with van der Waals surface area (Å²) in [7, 11) is 0. The Kier molecular flexibility index (Phi) is 5.15. The van der Waals surface area contributed by atoms with Gasteiger partial charge in [-0.05, 0) is 19.8 Å². The molecular weight excluding hydrogens is 244 g/mol. The first kappa shape index (κ1) is 14.3. The summed E-state index contributed by atoms with van der Waals surface area (Å²) in [6, 6.07) is 0.275. The Morgan fingerprint density at radius 1 is 1.32 bits per heavy atom. The third-order valence-corrected chi connectivity index (χ3v) is 3.67. The van der Waals surface area contributed by atoms with Crippen molar-refractivity contribution < 1.29 is 9.59 Å². The third kappa shape index (κ3) is 4.80. The fourth-order valence-corrected chi connectivity index (χ4v) is 2.21. The van der Waals surface area contributed by atoms with Crippen molar-refractivity contribution in [2.24, 2.45) is 0 Å². The van der Waals surface area contributed by atoms with E-state index in [1.54, 1.807) is 0 Å². The number of carbonyl (C=O) groups excluding carboxylic acids is 2. The monoisotopic (exact) mass is 268 g/mol. The van der Waals surface area contributed by atoms with Crippen molar-refractivity contribution in [2.45, 2.75) is 38.3 Å². The van der Waals surface area contributed by atoms with Crippen LogP contribution in [0.1, 0.15) is 26.2 Å². The molecule has 1 aliphatic heterocycles. The summed E-state index contributed by atoms with van der Waals surface area (Å²) in [5.41, 5.74) is 0. The van der Waals surface area contributed by atoms with Gasteiger partial charge in [-0.1, -0.05) is 0 Å². The van der Waals surface area contributed by atoms with E-state index in [0.717, 1.165) is 39.0 Å². The molecule has 108 valence electrons. The fraction of sp³-hybridized carbons (Fsp3) is 0.846. The smallest absolute Gasteiger partial charge is 0.237 e. The van der Waals surface area contributed by atoms with Crippen LogP contribution in [0, 0.1) is 0 Å². The zero-order valence-corrected chi connectivity index (χ0v) is 11.6. The predicted octanol–water partition coefficient (Wildman–Crippen LogP) is -0.935. The Hall–Kier alpha value is -1.14. The van der Waals surface area contributed by atoms with Gasteiger partial charge in [0.05, 0.1) is 6.04 Å². The van der Waals surface area contributed by atoms with E-state index in [2.05, 4.69) is 20.9 Å². The van der Waals surface area contributed by atoms with E-state index >= 15 is 0 Å². The second-order valence-corrected chi connectivity index (χ2v) is 5.34. The molecule has 0 aromatic rings. The van der Waals surface area contributed by atoms with Gasteiger partial charge in [0.2, 0.25) is 11.8 Å². The normalized spacial score (nSPS) is 21.7. The number of piperazine rings is 1. The van der Waals surface area contributed by atoms with Gasteiger partial charge in [-0.3, -0.25) is 14.5 Å². The summed E-state index contributed by atoms with van der Waals surface area (Å²) in [5, 5.41) is 9.02. The molecule has 1 heterocycles. The SMILES string of the molecule is CC(C(=O)NCCC(=O)NC1CC1)N1CCNCC1. The summed E-state index contributed by atoms with van der Waals surface area (Å²) < 4.78 is 0. The molecule has 0 radical (unpaired) electrons. The third-order valence-electron chi connectivity index (χ3n) is 3.67. The molecule has 2 amide bonds. The average molecular weight is 268 g/mol. The van der Waals surface area contributed by atoms with E-state index in [4.69, 9.17) is 0 Å². The van der Waals surface area contributed by atoms with Gasteiger partial charge in [0.15, 0.2) is 0 Å². The Morgan fingerprint density at radius 2 is 2.00 bits per heavy atom. The van der Waals surface area contributed by atoms with Crippen molar-refractivity contribution in [3.63, 3.8) is 0 Å². The number of nitrogens with zero attached hydrogens (tertiary/aromatic N) is 1. The lowest BCUT2D eigenvalue weighted by Gasteiger charge is -2.31. The highest BCUT2D eigenvalue weighted by Crippen LogP contribution is 2.18. The molecule has 1 aliphatic carbocycles. The minimum atomic E-state index is -0.117. The first-order chi connectivity index (χ1) is 9.16. The zero-order valence-electron chi connectivity index (χ0n) is 11.6. The molecule has 0 aromatic carbocycles. The molecule has 0 bridgehead atoms. The second kappa shape index (κ2) is 6.86. The minimum Gasteiger partial charge on any atom is -0.354 e. The van der Waals surface area contributed by atoms with Gasteiger partial charge in [0.1, 0.15) is 0 Å². The van der Waals surface area contributed by atoms with Crippen LogP contribution in [0.5, 0.6) is 0 Å². The van der Waals surface area contributed by atoms with Crippen molar-refractivity contribution in [1.82, 2.24) is 20.9 Å². The number of rotatable bonds is 6. The van der Waals surface area contributed by atoms with Crippen LogP contribution in [-0.4, -0.2) is 61.5 Å². The van der Waals surface area contributed by atoms with E-state index in [9.17, 15) is 9.59 Å². The molecule has 1 saturated carbocycles. The van der Waals surface area contributed by atoms with Crippen LogP contribution in [0.25, 0.3) is 0 Å². The van der Waals surface area contributed by atoms with Crippen LogP contribution in [-0.2, 0) is 9.59 Å². The van der Waals surface area contributed by atoms with Crippen molar-refractivity contribution in [3.05, 3.63) is 0 Å². The van der Waals surface area contributed by atoms with Gasteiger partial charge in [0.25, 0.3) is 0 Å². The van der Waals surface area contributed by atoms with Crippen molar-refractivity contribution in [2.75, 3.05) is 32.7 Å². The van der Waals surface area contributed by atoms with E-state index in [1.165, 1.54) is 0 Å². The molecule has 2 fully saturated rings. The van der Waals surface area contributed by atoms with Gasteiger partial charge >= 0.3 is 0 Å². The van der Waals surface area contributed by atoms with E-state index < -0.39 is 0 Å². The van der Waals surface area contributed by atoms with E-state index in [-0.39, 0.29) is 17.9 Å². The van der Waals surface area contributed by atoms with Gasteiger partial charge in [0, 0.05) is 45.2 Å². The highest BCUT2D eigenvalue weighted by Gasteiger charge is 2.24. The molecule has 0 spiro atoms. The standard InChI is InChI=1S/C13H24N4O2/c1-10(17-8-6-14-7-9-17)13(19)15-5-4-12(18)16-11-2-3-11/h10-11,14H,2-9H2,1H3,(H,15,19)(H,16,18). The Labute approximate surface area is 114 Å². The summed E-state index contributed by atoms with van der Waals surface area (Å²) >= 11 is 0. The molecule has 2 aliphatic rings. The molecule has 1 saturated heterocycles. The van der Waals surface area contributed by atoms with Crippen LogP contribution in [0.15, 0.2) is 0 Å². The first-order valence-electron chi connectivity index (χ1n) is 7.18. The molecule has 0 aromatic heterocycles. The number of carbonyl (C=O) groups is 2. The number of nitrogens with one attached hydrogen (secondary N) is 3. The maximum atomic E-state index is 12.0. The summed E-state index contributed by atoms with van der Waals surface area (Å²) in [5.74, 6) is 0.0544. The van der Waals surface area contributed by atoms with Gasteiger partial charge in [-0.25, -0.2) is 0 Å². The van der Waals surface area contributed by atoms with Gasteiger partial charge in [-0.2, -0.15) is 0 Å². The van der Waals surface area contributed by atoms with Crippen LogP contribution in [0.4, 0.5) is 0 Å². The molecule has 2 rings (SSSR count). The lowest BCUT2D eigenvalue weighted by molar-refractivity contribution is -0.126. The quantitative estimate of drug-likeness (QED) is 0.582. The predicted molar refractivity (Wildman–Crippen MR) is 72.7 cm³/mol. The highest BCUT2D eigenvalue weighted by atomic mass is 16.2. The fourth-order valence-electron chi connectivity index (χ4n) is 2.21. The minimum absolute atomic E-state index is 0.0149. The number of hydrogen-bond donors (Lipinski definition) is 3. The van der Waals surface area contributed by atoms with Crippen molar-refractivity contribution in [3.8, 4) is 0 Å². The molecule has 6 nitrogen and oxygen atoms in total. The van der Waals surface area contributed by atoms with Gasteiger partial charge < -0.3 is 16.0 Å². The largest absolute Gasteiger partial charge is 0.354 e. The topological polar surface area (TPSA) is 73.5 Å². The zero-order chi connectivity index (χ0) is 13.7. The van der Waals surface area contributed by atoms with Gasteiger partial charge in [-0.15, -0.1) is 0 Å². The molecule has 19 heavy (non-hydrogen) atoms. The van der Waals surface area contributed by atoms with E-state index in [0.29, 0.717) is 19.0 Å². The molecule has 1 atom stereocenters. The average Bonchev–Trinajstić information content (AvgIpc) is 3.22. The van der Waals surface area contributed by atoms with Crippen LogP contribution >= 0.6 is 0 Å². The Balaban J connectivity index is 1.60. The van der Waals surface area contributed by atoms with E-state index in [1.807, 2.05) is 6.92 Å². The Morgan fingerprint density at radius 3 is 2.63 bits per heavy atom. The van der Waals surface area contributed by atoms with Crippen LogP contribution in [0.3, 0.4) is 0 Å². The van der Waals surface area contributed by atoms with Crippen molar-refractivity contribution in [1.29, 1.82) is 0 Å². The summed E-state index contributed by atoms with van der Waals surface area (Å²) in [6.45, 7) is 6.01. The summed E-state index contributed by atoms with van der Waals surface area (Å²) in [4.78, 5) is 25.6. The van der Waals surface area contributed by atoms with Crippen LogP contribution < -0.4 is 16.0 Å². The van der Waals surface area contributed by atoms with Crippen molar-refractivity contribution >= 4 is 11.8 Å². The number of hydrogen-bond acceptors (Lipinski definition) is 4. The molecule has 1 unspecified atom stereocenters. The maximum Gasteiger partial charge on any atom is 0.237 e. The summed E-state index contributed by atoms with van der Waals surface area (Å²) in [6.07, 6.45) is 2.56. The lowest BCUT2D eigenvalue weighted by atomic mass is 10.2. The first-order valence-corrected chi connectivity index (χ1v) is 7.18. The molecule has 3 N–H and O–H groups in total. The van der Waals surface area contributed by atoms with Crippen LogP contribution in [0.2, 0.25) is 0 Å². The Bertz CT molecular complexity index is 325.